The molecule has 12 heteroatoms. The summed E-state index contributed by atoms with van der Waals surface area (Å²) in [5.74, 6) is -12.1. The molecule has 28 heavy (non-hydrogen) atoms. The summed E-state index contributed by atoms with van der Waals surface area (Å²) >= 11 is 0. The van der Waals surface area contributed by atoms with Gasteiger partial charge in [-0.3, -0.25) is 14.4 Å². The molecule has 1 aromatic rings. The zero-order chi connectivity index (χ0) is 21.3. The standard InChI is InChI=1S/C16H17F5N4O3/c1-25-10-5-3-2-4-9(10)23-6-8(14(25)28)11(12(22)26)13(27)24-7-15(17,18)16(19,20)21/h2-5,8,11,23H,6-7H2,1H3,(H2,22,26)(H,24,27)/t8-,11?/m1/s1. The monoisotopic (exact) mass is 408 g/mol. The van der Waals surface area contributed by atoms with E-state index in [1.165, 1.54) is 12.4 Å². The maximum atomic E-state index is 13.0. The molecule has 0 saturated heterocycles. The summed E-state index contributed by atoms with van der Waals surface area (Å²) in [4.78, 5) is 37.8. The number of nitrogens with two attached hydrogens (primary N) is 1. The van der Waals surface area contributed by atoms with Crippen LogP contribution in [0.4, 0.5) is 33.3 Å². The van der Waals surface area contributed by atoms with Gasteiger partial charge in [0.1, 0.15) is 5.92 Å². The molecule has 0 bridgehead atoms. The third-order valence-corrected chi connectivity index (χ3v) is 4.32. The van der Waals surface area contributed by atoms with Crippen LogP contribution in [0.1, 0.15) is 0 Å². The number of benzene rings is 1. The number of nitrogens with zero attached hydrogens (tertiary/aromatic N) is 1. The molecule has 154 valence electrons. The van der Waals surface area contributed by atoms with Crippen LogP contribution in [0.25, 0.3) is 0 Å². The van der Waals surface area contributed by atoms with Crippen LogP contribution in [0.2, 0.25) is 0 Å². The lowest BCUT2D eigenvalue weighted by Gasteiger charge is -2.26. The number of fused-ring (bicyclic) bond motifs is 1. The fourth-order valence-electron chi connectivity index (χ4n) is 2.77. The van der Waals surface area contributed by atoms with Gasteiger partial charge >= 0.3 is 12.1 Å². The summed E-state index contributed by atoms with van der Waals surface area (Å²) in [7, 11) is 1.37. The average molecular weight is 408 g/mol. The molecule has 1 unspecified atom stereocenters. The molecule has 0 radical (unpaired) electrons. The highest BCUT2D eigenvalue weighted by Gasteiger charge is 2.57. The minimum atomic E-state index is -5.88. The van der Waals surface area contributed by atoms with Crippen molar-refractivity contribution in [2.75, 3.05) is 30.4 Å². The van der Waals surface area contributed by atoms with Crippen molar-refractivity contribution < 1.29 is 36.3 Å². The van der Waals surface area contributed by atoms with Crippen molar-refractivity contribution in [3.8, 4) is 0 Å². The molecule has 3 amide bonds. The first-order valence-corrected chi connectivity index (χ1v) is 7.99. The molecular formula is C16H17F5N4O3. The van der Waals surface area contributed by atoms with Gasteiger partial charge in [-0.05, 0) is 12.1 Å². The minimum absolute atomic E-state index is 0.253. The molecule has 0 aromatic heterocycles. The Morgan fingerprint density at radius 2 is 1.89 bits per heavy atom. The van der Waals surface area contributed by atoms with E-state index in [1.54, 1.807) is 24.3 Å². The van der Waals surface area contributed by atoms with Crippen molar-refractivity contribution >= 4 is 29.1 Å². The molecule has 0 saturated carbocycles. The predicted molar refractivity (Wildman–Crippen MR) is 88.5 cm³/mol. The third-order valence-electron chi connectivity index (χ3n) is 4.32. The van der Waals surface area contributed by atoms with Crippen LogP contribution in [0.3, 0.4) is 0 Å². The zero-order valence-electron chi connectivity index (χ0n) is 14.5. The topological polar surface area (TPSA) is 105 Å². The molecular weight excluding hydrogens is 391 g/mol. The minimum Gasteiger partial charge on any atom is -0.383 e. The van der Waals surface area contributed by atoms with E-state index in [4.69, 9.17) is 5.73 Å². The van der Waals surface area contributed by atoms with Crippen molar-refractivity contribution in [1.82, 2.24) is 5.32 Å². The lowest BCUT2D eigenvalue weighted by molar-refractivity contribution is -0.278. The number of nitrogens with one attached hydrogen (secondary N) is 2. The molecule has 2 atom stereocenters. The number of primary amides is 1. The summed E-state index contributed by atoms with van der Waals surface area (Å²) in [6.07, 6.45) is -5.88. The number of anilines is 2. The van der Waals surface area contributed by atoms with Crippen molar-refractivity contribution in [2.45, 2.75) is 12.1 Å². The van der Waals surface area contributed by atoms with Gasteiger partial charge in [0.25, 0.3) is 0 Å². The van der Waals surface area contributed by atoms with Crippen LogP contribution in [-0.2, 0) is 14.4 Å². The first-order chi connectivity index (χ1) is 12.9. The van der Waals surface area contributed by atoms with E-state index in [0.29, 0.717) is 11.4 Å². The number of hydrogen-bond donors (Lipinski definition) is 3. The van der Waals surface area contributed by atoms with Crippen LogP contribution >= 0.6 is 0 Å². The quantitative estimate of drug-likeness (QED) is 0.502. The van der Waals surface area contributed by atoms with Crippen LogP contribution in [0.5, 0.6) is 0 Å². The number of halogens is 5. The fourth-order valence-corrected chi connectivity index (χ4v) is 2.77. The van der Waals surface area contributed by atoms with Gasteiger partial charge in [-0.1, -0.05) is 12.1 Å². The Morgan fingerprint density at radius 3 is 2.46 bits per heavy atom. The van der Waals surface area contributed by atoms with Gasteiger partial charge in [0.15, 0.2) is 0 Å². The first kappa shape index (κ1) is 21.4. The molecule has 1 aliphatic heterocycles. The lowest BCUT2D eigenvalue weighted by Crippen LogP contribution is -2.53. The number of hydrogen-bond acceptors (Lipinski definition) is 4. The van der Waals surface area contributed by atoms with Gasteiger partial charge in [-0.25, -0.2) is 0 Å². The normalized spacial score (nSPS) is 18.6. The SMILES string of the molecule is CN1C(=O)[C@@H](C(C(N)=O)C(=O)NCC(F)(F)C(F)(F)F)CNc2ccccc21. The Morgan fingerprint density at radius 1 is 1.29 bits per heavy atom. The van der Waals surface area contributed by atoms with E-state index in [-0.39, 0.29) is 6.54 Å². The second-order valence-corrected chi connectivity index (χ2v) is 6.20. The molecule has 7 nitrogen and oxygen atoms in total. The predicted octanol–water partition coefficient (Wildman–Crippen LogP) is 1.11. The summed E-state index contributed by atoms with van der Waals surface area (Å²) in [6, 6.07) is 6.53. The first-order valence-electron chi connectivity index (χ1n) is 7.99. The highest BCUT2D eigenvalue weighted by atomic mass is 19.4. The number of para-hydroxylation sites is 2. The van der Waals surface area contributed by atoms with Crippen molar-refractivity contribution in [2.24, 2.45) is 17.6 Å². The summed E-state index contributed by atoms with van der Waals surface area (Å²) in [5.41, 5.74) is 6.09. The molecule has 0 spiro atoms. The van der Waals surface area contributed by atoms with Crippen LogP contribution in [-0.4, -0.2) is 50.0 Å². The summed E-state index contributed by atoms with van der Waals surface area (Å²) in [5, 5.41) is 4.22. The fraction of sp³-hybridized carbons (Fsp3) is 0.438. The van der Waals surface area contributed by atoms with Gasteiger partial charge in [-0.2, -0.15) is 22.0 Å². The van der Waals surface area contributed by atoms with Gasteiger partial charge in [0.05, 0.1) is 23.8 Å². The summed E-state index contributed by atoms with van der Waals surface area (Å²) in [6.45, 7) is -2.33. The maximum Gasteiger partial charge on any atom is 0.455 e. The molecule has 0 fully saturated rings. The Balaban J connectivity index is 2.23. The number of carbonyl (C=O) groups excluding carboxylic acids is 3. The Kier molecular flexibility index (Phi) is 5.80. The maximum absolute atomic E-state index is 13.0. The highest BCUT2D eigenvalue weighted by Crippen LogP contribution is 2.35. The van der Waals surface area contributed by atoms with E-state index in [0.717, 1.165) is 4.90 Å². The molecule has 4 N–H and O–H groups in total. The number of amides is 3. The van der Waals surface area contributed by atoms with Gasteiger partial charge in [0.2, 0.25) is 17.7 Å². The molecule has 1 aliphatic rings. The van der Waals surface area contributed by atoms with E-state index in [2.05, 4.69) is 5.32 Å². The van der Waals surface area contributed by atoms with Crippen LogP contribution < -0.4 is 21.3 Å². The largest absolute Gasteiger partial charge is 0.455 e. The zero-order valence-corrected chi connectivity index (χ0v) is 14.5. The second-order valence-electron chi connectivity index (χ2n) is 6.20. The van der Waals surface area contributed by atoms with E-state index in [1.807, 2.05) is 0 Å². The van der Waals surface area contributed by atoms with E-state index < -0.39 is 48.2 Å². The van der Waals surface area contributed by atoms with Gasteiger partial charge in [0, 0.05) is 13.6 Å². The Bertz CT molecular complexity index is 784. The van der Waals surface area contributed by atoms with Crippen LogP contribution in [0, 0.1) is 11.8 Å². The van der Waals surface area contributed by atoms with Crippen molar-refractivity contribution in [1.29, 1.82) is 0 Å². The smallest absolute Gasteiger partial charge is 0.383 e. The lowest BCUT2D eigenvalue weighted by atomic mass is 9.89. The number of alkyl halides is 5. The number of rotatable bonds is 5. The van der Waals surface area contributed by atoms with Crippen molar-refractivity contribution in [3.05, 3.63) is 24.3 Å². The Labute approximate surface area is 156 Å². The Hall–Kier alpha value is -2.92. The average Bonchev–Trinajstić information content (AvgIpc) is 2.71. The van der Waals surface area contributed by atoms with E-state index in [9.17, 15) is 36.3 Å². The van der Waals surface area contributed by atoms with Gasteiger partial charge < -0.3 is 21.3 Å². The van der Waals surface area contributed by atoms with E-state index >= 15 is 0 Å². The molecule has 1 aromatic carbocycles. The number of carbonyl (C=O) groups is 3. The third kappa shape index (κ3) is 4.15. The highest BCUT2D eigenvalue weighted by molar-refractivity contribution is 6.08. The summed E-state index contributed by atoms with van der Waals surface area (Å²) < 4.78 is 62.8. The van der Waals surface area contributed by atoms with Crippen LogP contribution in [0.15, 0.2) is 24.3 Å². The second kappa shape index (κ2) is 7.60. The molecule has 1 heterocycles. The van der Waals surface area contributed by atoms with Gasteiger partial charge in [-0.15, -0.1) is 0 Å². The molecule has 0 aliphatic carbocycles. The molecule has 2 rings (SSSR count). The van der Waals surface area contributed by atoms with Crippen molar-refractivity contribution in [3.63, 3.8) is 0 Å².